The van der Waals surface area contributed by atoms with Crippen LogP contribution in [0.3, 0.4) is 0 Å². The van der Waals surface area contributed by atoms with E-state index in [2.05, 4.69) is 37.1 Å². The van der Waals surface area contributed by atoms with Crippen molar-refractivity contribution in [1.82, 2.24) is 19.5 Å². The van der Waals surface area contributed by atoms with Crippen LogP contribution in [0.25, 0.3) is 0 Å². The maximum atomic E-state index is 9.01. The molecule has 8 heteroatoms. The fraction of sp³-hybridized carbons (Fsp3) is 0.588. The minimum absolute atomic E-state index is 0.0438. The summed E-state index contributed by atoms with van der Waals surface area (Å²) in [4.78, 5) is 13.4. The molecule has 136 valence electrons. The first-order valence-corrected chi connectivity index (χ1v) is 8.71. The number of aliphatic hydroxyl groups is 1. The summed E-state index contributed by atoms with van der Waals surface area (Å²) in [5.41, 5.74) is 3.21. The second kappa shape index (κ2) is 8.26. The van der Waals surface area contributed by atoms with Gasteiger partial charge >= 0.3 is 0 Å². The minimum atomic E-state index is 0.0438. The standard InChI is InChI=1S/C17H26N6O2/c1-12-13(2)23(11-20-12)6-4-18-16-9-15(14-3-8-25-10-14)21-17(22-16)19-5-7-24/h9,11,14,24H,3-8,10H2,1-2H3,(H2,18,19,21,22). The fourth-order valence-electron chi connectivity index (χ4n) is 2.85. The molecule has 3 rings (SSSR count). The number of aromatic nitrogens is 4. The van der Waals surface area contributed by atoms with Crippen molar-refractivity contribution in [3.8, 4) is 0 Å². The Bertz CT molecular complexity index is 696. The molecule has 2 aromatic heterocycles. The molecule has 1 unspecified atom stereocenters. The lowest BCUT2D eigenvalue weighted by Crippen LogP contribution is -2.15. The van der Waals surface area contributed by atoms with Crippen molar-refractivity contribution in [3.05, 3.63) is 29.5 Å². The third-order valence-electron chi connectivity index (χ3n) is 4.49. The summed E-state index contributed by atoms with van der Waals surface area (Å²) < 4.78 is 7.60. The van der Waals surface area contributed by atoms with Gasteiger partial charge < -0.3 is 25.0 Å². The molecule has 2 aromatic rings. The molecule has 1 aliphatic heterocycles. The van der Waals surface area contributed by atoms with Crippen LogP contribution in [0.1, 0.15) is 29.4 Å². The number of ether oxygens (including phenoxy) is 1. The lowest BCUT2D eigenvalue weighted by molar-refractivity contribution is 0.193. The number of imidazole rings is 1. The van der Waals surface area contributed by atoms with E-state index in [1.807, 2.05) is 19.3 Å². The highest BCUT2D eigenvalue weighted by molar-refractivity contribution is 5.43. The molecule has 8 nitrogen and oxygen atoms in total. The molecule has 25 heavy (non-hydrogen) atoms. The molecule has 0 radical (unpaired) electrons. The first-order chi connectivity index (χ1) is 12.2. The predicted molar refractivity (Wildman–Crippen MR) is 96.0 cm³/mol. The molecular weight excluding hydrogens is 320 g/mol. The summed E-state index contributed by atoms with van der Waals surface area (Å²) in [6, 6.07) is 2.00. The molecule has 0 saturated carbocycles. The van der Waals surface area contributed by atoms with Crippen LogP contribution in [-0.2, 0) is 11.3 Å². The second-order valence-corrected chi connectivity index (χ2v) is 6.25. The topological polar surface area (TPSA) is 97.1 Å². The summed E-state index contributed by atoms with van der Waals surface area (Å²) in [6.45, 7) is 7.59. The number of nitrogens with zero attached hydrogens (tertiary/aromatic N) is 4. The molecule has 0 aliphatic carbocycles. The average Bonchev–Trinajstić information content (AvgIpc) is 3.26. The Morgan fingerprint density at radius 3 is 2.84 bits per heavy atom. The van der Waals surface area contributed by atoms with Gasteiger partial charge in [-0.2, -0.15) is 4.98 Å². The highest BCUT2D eigenvalue weighted by Crippen LogP contribution is 2.26. The number of aliphatic hydroxyl groups excluding tert-OH is 1. The van der Waals surface area contributed by atoms with E-state index in [1.54, 1.807) is 0 Å². The van der Waals surface area contributed by atoms with Crippen LogP contribution < -0.4 is 10.6 Å². The molecule has 0 amide bonds. The second-order valence-electron chi connectivity index (χ2n) is 6.25. The van der Waals surface area contributed by atoms with E-state index in [9.17, 15) is 0 Å². The molecule has 0 aromatic carbocycles. The van der Waals surface area contributed by atoms with E-state index in [1.165, 1.54) is 5.69 Å². The number of anilines is 2. The Kier molecular flexibility index (Phi) is 5.83. The molecule has 1 fully saturated rings. The summed E-state index contributed by atoms with van der Waals surface area (Å²) in [5, 5.41) is 15.4. The molecule has 0 bridgehead atoms. The van der Waals surface area contributed by atoms with Crippen molar-refractivity contribution in [2.24, 2.45) is 0 Å². The fourth-order valence-corrected chi connectivity index (χ4v) is 2.85. The van der Waals surface area contributed by atoms with Crippen molar-refractivity contribution < 1.29 is 9.84 Å². The van der Waals surface area contributed by atoms with Crippen LogP contribution in [0, 0.1) is 13.8 Å². The third kappa shape index (κ3) is 4.46. The molecule has 3 N–H and O–H groups in total. The van der Waals surface area contributed by atoms with Gasteiger partial charge in [0.1, 0.15) is 5.82 Å². The van der Waals surface area contributed by atoms with Crippen molar-refractivity contribution in [1.29, 1.82) is 0 Å². The van der Waals surface area contributed by atoms with Gasteiger partial charge in [0.05, 0.1) is 30.9 Å². The molecule has 1 saturated heterocycles. The normalized spacial score (nSPS) is 17.0. The maximum absolute atomic E-state index is 9.01. The maximum Gasteiger partial charge on any atom is 0.224 e. The van der Waals surface area contributed by atoms with E-state index in [0.717, 1.165) is 43.3 Å². The molecule has 0 spiro atoms. The Hall–Kier alpha value is -2.19. The first kappa shape index (κ1) is 17.6. The van der Waals surface area contributed by atoms with Gasteiger partial charge in [-0.05, 0) is 20.3 Å². The van der Waals surface area contributed by atoms with Crippen LogP contribution in [0.4, 0.5) is 11.8 Å². The first-order valence-electron chi connectivity index (χ1n) is 8.71. The van der Waals surface area contributed by atoms with Gasteiger partial charge in [-0.25, -0.2) is 9.97 Å². The van der Waals surface area contributed by atoms with Crippen LogP contribution in [0.5, 0.6) is 0 Å². The van der Waals surface area contributed by atoms with Crippen molar-refractivity contribution >= 4 is 11.8 Å². The van der Waals surface area contributed by atoms with Crippen LogP contribution in [-0.4, -0.2) is 57.5 Å². The smallest absolute Gasteiger partial charge is 0.224 e. The zero-order valence-corrected chi connectivity index (χ0v) is 14.8. The number of hydrogen-bond acceptors (Lipinski definition) is 7. The average molecular weight is 346 g/mol. The summed E-state index contributed by atoms with van der Waals surface area (Å²) in [7, 11) is 0. The van der Waals surface area contributed by atoms with E-state index in [0.29, 0.717) is 25.0 Å². The van der Waals surface area contributed by atoms with Gasteiger partial charge in [0.2, 0.25) is 5.95 Å². The molecule has 1 aliphatic rings. The Morgan fingerprint density at radius 2 is 2.16 bits per heavy atom. The summed E-state index contributed by atoms with van der Waals surface area (Å²) >= 11 is 0. The quantitative estimate of drug-likeness (QED) is 0.663. The van der Waals surface area contributed by atoms with Gasteiger partial charge in [-0.1, -0.05) is 0 Å². The summed E-state index contributed by atoms with van der Waals surface area (Å²) in [5.74, 6) is 1.62. The Balaban J connectivity index is 1.67. The van der Waals surface area contributed by atoms with Gasteiger partial charge in [0, 0.05) is 43.9 Å². The van der Waals surface area contributed by atoms with Gasteiger partial charge in [0.15, 0.2) is 0 Å². The minimum Gasteiger partial charge on any atom is -0.395 e. The highest BCUT2D eigenvalue weighted by atomic mass is 16.5. The van der Waals surface area contributed by atoms with Gasteiger partial charge in [-0.3, -0.25) is 0 Å². The number of nitrogens with one attached hydrogen (secondary N) is 2. The van der Waals surface area contributed by atoms with E-state index < -0.39 is 0 Å². The lowest BCUT2D eigenvalue weighted by Gasteiger charge is -2.14. The predicted octanol–water partition coefficient (Wildman–Crippen LogP) is 1.31. The van der Waals surface area contributed by atoms with Crippen LogP contribution in [0.2, 0.25) is 0 Å². The largest absolute Gasteiger partial charge is 0.395 e. The van der Waals surface area contributed by atoms with E-state index in [4.69, 9.17) is 9.84 Å². The van der Waals surface area contributed by atoms with Crippen LogP contribution in [0.15, 0.2) is 12.4 Å². The van der Waals surface area contributed by atoms with Gasteiger partial charge in [-0.15, -0.1) is 0 Å². The molecular formula is C17H26N6O2. The number of aryl methyl sites for hydroxylation is 1. The zero-order chi connectivity index (χ0) is 17.6. The van der Waals surface area contributed by atoms with Crippen molar-refractivity contribution in [2.75, 3.05) is 43.5 Å². The van der Waals surface area contributed by atoms with Crippen LogP contribution >= 0.6 is 0 Å². The number of rotatable bonds is 8. The van der Waals surface area contributed by atoms with E-state index in [-0.39, 0.29) is 6.61 Å². The molecule has 1 atom stereocenters. The van der Waals surface area contributed by atoms with Crippen molar-refractivity contribution in [2.45, 2.75) is 32.7 Å². The lowest BCUT2D eigenvalue weighted by atomic mass is 10.0. The SMILES string of the molecule is Cc1ncn(CCNc2cc(C3CCOC3)nc(NCCO)n2)c1C. The summed E-state index contributed by atoms with van der Waals surface area (Å²) in [6.07, 6.45) is 2.84. The van der Waals surface area contributed by atoms with E-state index >= 15 is 0 Å². The Morgan fingerprint density at radius 1 is 1.28 bits per heavy atom. The zero-order valence-electron chi connectivity index (χ0n) is 14.8. The molecule has 3 heterocycles. The highest BCUT2D eigenvalue weighted by Gasteiger charge is 2.20. The Labute approximate surface area is 147 Å². The monoisotopic (exact) mass is 346 g/mol. The third-order valence-corrected chi connectivity index (χ3v) is 4.49. The van der Waals surface area contributed by atoms with Crippen molar-refractivity contribution in [3.63, 3.8) is 0 Å². The van der Waals surface area contributed by atoms with Gasteiger partial charge in [0.25, 0.3) is 0 Å². The number of hydrogen-bond donors (Lipinski definition) is 3.